The molecule has 2 aromatic carbocycles. The number of hydrogen-bond acceptors (Lipinski definition) is 2. The molecule has 6 heteroatoms. The van der Waals surface area contributed by atoms with Crippen LogP contribution in [0, 0.1) is 23.4 Å². The quantitative estimate of drug-likeness (QED) is 0.751. The van der Waals surface area contributed by atoms with E-state index in [-0.39, 0.29) is 6.04 Å². The van der Waals surface area contributed by atoms with Crippen LogP contribution in [-0.4, -0.2) is 30.9 Å². The van der Waals surface area contributed by atoms with Gasteiger partial charge >= 0.3 is 0 Å². The van der Waals surface area contributed by atoms with Crippen molar-refractivity contribution in [2.24, 2.45) is 5.92 Å². The van der Waals surface area contributed by atoms with Crippen molar-refractivity contribution in [2.45, 2.75) is 37.8 Å². The summed E-state index contributed by atoms with van der Waals surface area (Å²) in [5.74, 6) is -3.84. The summed E-state index contributed by atoms with van der Waals surface area (Å²) in [5.41, 5.74) is 0.806. The summed E-state index contributed by atoms with van der Waals surface area (Å²) in [6.45, 7) is 0. The molecule has 3 nitrogen and oxygen atoms in total. The standard InChI is InChI=1S/C22H25F3N2O/c1-27(2)21(14-6-4-3-5-7-14)15-8-10-16(11-9-15)26-22(28)17-12-19(24)20(25)13-18(17)23/h3-7,12-13,15-16,21H,8-11H2,1-2H3,(H,26,28). The minimum absolute atomic E-state index is 0.102. The number of carbonyl (C=O) groups excluding carboxylic acids is 1. The molecule has 1 atom stereocenters. The summed E-state index contributed by atoms with van der Waals surface area (Å²) in [6.07, 6.45) is 3.36. The van der Waals surface area contributed by atoms with Crippen LogP contribution in [0.3, 0.4) is 0 Å². The Kier molecular flexibility index (Phi) is 6.39. The number of hydrogen-bond donors (Lipinski definition) is 1. The molecule has 0 heterocycles. The molecule has 1 fully saturated rings. The first-order chi connectivity index (χ1) is 13.4. The molecule has 0 bridgehead atoms. The zero-order valence-corrected chi connectivity index (χ0v) is 16.1. The predicted molar refractivity (Wildman–Crippen MR) is 102 cm³/mol. The number of carbonyl (C=O) groups is 1. The van der Waals surface area contributed by atoms with Crippen molar-refractivity contribution in [2.75, 3.05) is 14.1 Å². The van der Waals surface area contributed by atoms with Gasteiger partial charge in [-0.15, -0.1) is 0 Å². The summed E-state index contributed by atoms with van der Waals surface area (Å²) in [7, 11) is 4.13. The van der Waals surface area contributed by atoms with Gasteiger partial charge in [0, 0.05) is 18.2 Å². The Labute approximate surface area is 163 Å². The van der Waals surface area contributed by atoms with E-state index in [0.29, 0.717) is 24.1 Å². The monoisotopic (exact) mass is 390 g/mol. The van der Waals surface area contributed by atoms with Gasteiger partial charge in [-0.25, -0.2) is 13.2 Å². The number of rotatable bonds is 5. The van der Waals surface area contributed by atoms with E-state index in [0.717, 1.165) is 25.7 Å². The van der Waals surface area contributed by atoms with E-state index in [4.69, 9.17) is 0 Å². The highest BCUT2D eigenvalue weighted by Gasteiger charge is 2.31. The van der Waals surface area contributed by atoms with Crippen molar-refractivity contribution in [3.8, 4) is 0 Å². The van der Waals surface area contributed by atoms with Gasteiger partial charge in [-0.2, -0.15) is 0 Å². The van der Waals surface area contributed by atoms with Crippen LogP contribution in [-0.2, 0) is 0 Å². The number of halogens is 3. The first kappa shape index (κ1) is 20.4. The molecular weight excluding hydrogens is 365 g/mol. The minimum atomic E-state index is -1.30. The third kappa shape index (κ3) is 4.55. The van der Waals surface area contributed by atoms with E-state index < -0.39 is 28.9 Å². The van der Waals surface area contributed by atoms with Crippen molar-refractivity contribution in [3.05, 3.63) is 71.0 Å². The third-order valence-corrected chi connectivity index (χ3v) is 5.51. The van der Waals surface area contributed by atoms with Gasteiger partial charge < -0.3 is 10.2 Å². The second-order valence-electron chi connectivity index (χ2n) is 7.65. The van der Waals surface area contributed by atoms with Crippen LogP contribution in [0.4, 0.5) is 13.2 Å². The Bertz CT molecular complexity index is 818. The Morgan fingerprint density at radius 3 is 2.18 bits per heavy atom. The summed E-state index contributed by atoms with van der Waals surface area (Å²) in [5, 5.41) is 2.77. The average Bonchev–Trinajstić information content (AvgIpc) is 2.67. The number of nitrogens with zero attached hydrogens (tertiary/aromatic N) is 1. The normalized spacial score (nSPS) is 20.8. The van der Waals surface area contributed by atoms with Crippen LogP contribution >= 0.6 is 0 Å². The molecule has 1 aliphatic carbocycles. The zero-order valence-electron chi connectivity index (χ0n) is 16.1. The van der Waals surface area contributed by atoms with Crippen molar-refractivity contribution in [3.63, 3.8) is 0 Å². The van der Waals surface area contributed by atoms with Crippen molar-refractivity contribution >= 4 is 5.91 Å². The minimum Gasteiger partial charge on any atom is -0.349 e. The van der Waals surface area contributed by atoms with Crippen molar-refractivity contribution < 1.29 is 18.0 Å². The lowest BCUT2D eigenvalue weighted by Gasteiger charge is -2.37. The SMILES string of the molecule is CN(C)C(c1ccccc1)C1CCC(NC(=O)c2cc(F)c(F)cc2F)CC1. The topological polar surface area (TPSA) is 32.3 Å². The Morgan fingerprint density at radius 1 is 0.964 bits per heavy atom. The summed E-state index contributed by atoms with van der Waals surface area (Å²) in [6, 6.07) is 11.5. The lowest BCUT2D eigenvalue weighted by atomic mass is 9.78. The lowest BCUT2D eigenvalue weighted by molar-refractivity contribution is 0.0902. The summed E-state index contributed by atoms with van der Waals surface area (Å²) >= 11 is 0. The maximum atomic E-state index is 13.8. The molecule has 0 aromatic heterocycles. The maximum absolute atomic E-state index is 13.8. The molecule has 1 amide bonds. The van der Waals surface area contributed by atoms with E-state index in [1.807, 2.05) is 18.2 Å². The first-order valence-corrected chi connectivity index (χ1v) is 9.53. The average molecular weight is 390 g/mol. The van der Waals surface area contributed by atoms with Gasteiger partial charge in [0.05, 0.1) is 5.56 Å². The molecule has 1 unspecified atom stereocenters. The summed E-state index contributed by atoms with van der Waals surface area (Å²) in [4.78, 5) is 14.5. The van der Waals surface area contributed by atoms with E-state index in [1.165, 1.54) is 5.56 Å². The highest BCUT2D eigenvalue weighted by atomic mass is 19.2. The fourth-order valence-corrected chi connectivity index (χ4v) is 4.18. The molecule has 0 saturated heterocycles. The molecule has 28 heavy (non-hydrogen) atoms. The Balaban J connectivity index is 1.62. The summed E-state index contributed by atoms with van der Waals surface area (Å²) < 4.78 is 40.2. The van der Waals surface area contributed by atoms with Crippen LogP contribution in [0.25, 0.3) is 0 Å². The Hall–Kier alpha value is -2.34. The van der Waals surface area contributed by atoms with E-state index in [2.05, 4.69) is 36.4 Å². The molecule has 0 aliphatic heterocycles. The molecule has 150 valence electrons. The van der Waals surface area contributed by atoms with Crippen LogP contribution in [0.5, 0.6) is 0 Å². The van der Waals surface area contributed by atoms with Gasteiger partial charge in [0.1, 0.15) is 5.82 Å². The fourth-order valence-electron chi connectivity index (χ4n) is 4.18. The van der Waals surface area contributed by atoms with Crippen LogP contribution in [0.15, 0.2) is 42.5 Å². The molecule has 0 radical (unpaired) electrons. The third-order valence-electron chi connectivity index (χ3n) is 5.51. The number of amides is 1. The van der Waals surface area contributed by atoms with Crippen LogP contribution in [0.2, 0.25) is 0 Å². The van der Waals surface area contributed by atoms with Gasteiger partial charge in [0.25, 0.3) is 5.91 Å². The van der Waals surface area contributed by atoms with E-state index in [9.17, 15) is 18.0 Å². The number of nitrogens with one attached hydrogen (secondary N) is 1. The number of benzene rings is 2. The molecule has 0 spiro atoms. The first-order valence-electron chi connectivity index (χ1n) is 9.53. The highest BCUT2D eigenvalue weighted by molar-refractivity contribution is 5.94. The van der Waals surface area contributed by atoms with Gasteiger partial charge in [-0.3, -0.25) is 4.79 Å². The molecule has 1 N–H and O–H groups in total. The largest absolute Gasteiger partial charge is 0.349 e. The van der Waals surface area contributed by atoms with E-state index in [1.54, 1.807) is 0 Å². The predicted octanol–water partition coefficient (Wildman–Crippen LogP) is 4.70. The van der Waals surface area contributed by atoms with E-state index >= 15 is 0 Å². The van der Waals surface area contributed by atoms with Gasteiger partial charge in [0.15, 0.2) is 11.6 Å². The molecule has 3 rings (SSSR count). The van der Waals surface area contributed by atoms with Gasteiger partial charge in [-0.1, -0.05) is 30.3 Å². The van der Waals surface area contributed by atoms with Crippen LogP contribution in [0.1, 0.15) is 47.6 Å². The Morgan fingerprint density at radius 2 is 1.57 bits per heavy atom. The van der Waals surface area contributed by atoms with Gasteiger partial charge in [0.2, 0.25) is 0 Å². The van der Waals surface area contributed by atoms with Crippen molar-refractivity contribution in [1.29, 1.82) is 0 Å². The smallest absolute Gasteiger partial charge is 0.254 e. The molecule has 2 aromatic rings. The second kappa shape index (κ2) is 8.78. The molecular formula is C22H25F3N2O. The molecule has 1 saturated carbocycles. The van der Waals surface area contributed by atoms with Crippen molar-refractivity contribution in [1.82, 2.24) is 10.2 Å². The van der Waals surface area contributed by atoms with Gasteiger partial charge in [-0.05, 0) is 57.3 Å². The fraction of sp³-hybridized carbons (Fsp3) is 0.409. The lowest BCUT2D eigenvalue weighted by Crippen LogP contribution is -2.40. The zero-order chi connectivity index (χ0) is 20.3. The second-order valence-corrected chi connectivity index (χ2v) is 7.65. The highest BCUT2D eigenvalue weighted by Crippen LogP contribution is 2.37. The molecule has 1 aliphatic rings. The maximum Gasteiger partial charge on any atom is 0.254 e. The van der Waals surface area contributed by atoms with Crippen LogP contribution < -0.4 is 5.32 Å².